The standard InChI is InChI=1S/C28H28FNO4/c1-34-26-13-10-20(17-28(32)33)16-23(26)21-11-12-25(29)22-14-15-30(18-24(21)22)27(31)9-5-8-19-6-3-2-4-7-19/h2-4,6-7,10-13,16H,5,8-9,14-15,17-18H2,1H3,(H,32,33). The Kier molecular flexibility index (Phi) is 7.26. The van der Waals surface area contributed by atoms with Gasteiger partial charge >= 0.3 is 5.97 Å². The van der Waals surface area contributed by atoms with E-state index in [1.54, 1.807) is 36.3 Å². The summed E-state index contributed by atoms with van der Waals surface area (Å²) in [6.07, 6.45) is 2.35. The van der Waals surface area contributed by atoms with Crippen LogP contribution >= 0.6 is 0 Å². The lowest BCUT2D eigenvalue weighted by atomic mass is 9.89. The fraction of sp³-hybridized carbons (Fsp3) is 0.286. The lowest BCUT2D eigenvalue weighted by Gasteiger charge is -2.31. The molecule has 3 aromatic rings. The second kappa shape index (κ2) is 10.5. The van der Waals surface area contributed by atoms with Crippen molar-refractivity contribution >= 4 is 11.9 Å². The van der Waals surface area contributed by atoms with Crippen molar-refractivity contribution in [2.45, 2.75) is 38.6 Å². The summed E-state index contributed by atoms with van der Waals surface area (Å²) in [5, 5.41) is 9.20. The van der Waals surface area contributed by atoms with Gasteiger partial charge in [0, 0.05) is 25.1 Å². The number of carbonyl (C=O) groups is 2. The molecule has 3 aromatic carbocycles. The average Bonchev–Trinajstić information content (AvgIpc) is 2.84. The fourth-order valence-electron chi connectivity index (χ4n) is 4.59. The predicted octanol–water partition coefficient (Wildman–Crippen LogP) is 5.04. The van der Waals surface area contributed by atoms with Gasteiger partial charge in [-0.1, -0.05) is 42.5 Å². The van der Waals surface area contributed by atoms with E-state index in [-0.39, 0.29) is 18.1 Å². The largest absolute Gasteiger partial charge is 0.496 e. The van der Waals surface area contributed by atoms with E-state index in [9.17, 15) is 19.1 Å². The Balaban J connectivity index is 1.58. The number of rotatable bonds is 8. The molecule has 1 heterocycles. The summed E-state index contributed by atoms with van der Waals surface area (Å²) in [7, 11) is 1.55. The first kappa shape index (κ1) is 23.5. The topological polar surface area (TPSA) is 66.8 Å². The van der Waals surface area contributed by atoms with Crippen LogP contribution in [-0.4, -0.2) is 35.5 Å². The Bertz CT molecular complexity index is 1190. The van der Waals surface area contributed by atoms with Crippen LogP contribution in [0.25, 0.3) is 11.1 Å². The summed E-state index contributed by atoms with van der Waals surface area (Å²) in [6, 6.07) is 18.4. The maximum atomic E-state index is 14.7. The summed E-state index contributed by atoms with van der Waals surface area (Å²) < 4.78 is 20.2. The molecule has 176 valence electrons. The number of nitrogens with zero attached hydrogens (tertiary/aromatic N) is 1. The third-order valence-corrected chi connectivity index (χ3v) is 6.32. The summed E-state index contributed by atoms with van der Waals surface area (Å²) >= 11 is 0. The van der Waals surface area contributed by atoms with Gasteiger partial charge in [0.05, 0.1) is 13.5 Å². The smallest absolute Gasteiger partial charge is 0.307 e. The molecule has 0 saturated heterocycles. The molecule has 0 unspecified atom stereocenters. The Morgan fingerprint density at radius 2 is 1.79 bits per heavy atom. The van der Waals surface area contributed by atoms with Gasteiger partial charge in [-0.05, 0) is 65.3 Å². The lowest BCUT2D eigenvalue weighted by molar-refractivity contribution is -0.136. The first-order chi connectivity index (χ1) is 16.5. The number of aliphatic carboxylic acids is 1. The van der Waals surface area contributed by atoms with Gasteiger partial charge in [-0.2, -0.15) is 0 Å². The van der Waals surface area contributed by atoms with Gasteiger partial charge in [0.2, 0.25) is 5.91 Å². The highest BCUT2D eigenvalue weighted by Crippen LogP contribution is 2.38. The Morgan fingerprint density at radius 3 is 2.53 bits per heavy atom. The maximum Gasteiger partial charge on any atom is 0.307 e. The number of hydrogen-bond acceptors (Lipinski definition) is 3. The van der Waals surface area contributed by atoms with Crippen molar-refractivity contribution in [1.29, 1.82) is 0 Å². The third kappa shape index (κ3) is 5.28. The zero-order valence-corrected chi connectivity index (χ0v) is 19.2. The highest BCUT2D eigenvalue weighted by atomic mass is 19.1. The minimum atomic E-state index is -0.926. The first-order valence-corrected chi connectivity index (χ1v) is 11.5. The van der Waals surface area contributed by atoms with Crippen molar-refractivity contribution in [3.05, 3.63) is 88.7 Å². The van der Waals surface area contributed by atoms with Crippen molar-refractivity contribution in [2.75, 3.05) is 13.7 Å². The van der Waals surface area contributed by atoms with E-state index in [2.05, 4.69) is 12.1 Å². The highest BCUT2D eigenvalue weighted by Gasteiger charge is 2.26. The molecule has 0 aromatic heterocycles. The second-order valence-corrected chi connectivity index (χ2v) is 8.56. The number of amides is 1. The van der Waals surface area contributed by atoms with E-state index in [0.29, 0.717) is 48.4 Å². The Morgan fingerprint density at radius 1 is 1.00 bits per heavy atom. The van der Waals surface area contributed by atoms with Crippen LogP contribution in [0.4, 0.5) is 4.39 Å². The highest BCUT2D eigenvalue weighted by molar-refractivity contribution is 5.80. The van der Waals surface area contributed by atoms with E-state index in [4.69, 9.17) is 4.74 Å². The molecule has 0 fully saturated rings. The van der Waals surface area contributed by atoms with Crippen LogP contribution in [0.5, 0.6) is 5.75 Å². The molecule has 1 aliphatic heterocycles. The fourth-order valence-corrected chi connectivity index (χ4v) is 4.59. The Hall–Kier alpha value is -3.67. The normalized spacial score (nSPS) is 12.8. The van der Waals surface area contributed by atoms with Crippen LogP contribution in [0.3, 0.4) is 0 Å². The van der Waals surface area contributed by atoms with E-state index >= 15 is 0 Å². The molecule has 0 radical (unpaired) electrons. The SMILES string of the molecule is COc1ccc(CC(=O)O)cc1-c1ccc(F)c2c1CN(C(=O)CCCc1ccccc1)CC2. The minimum absolute atomic E-state index is 0.0587. The summed E-state index contributed by atoms with van der Waals surface area (Å²) in [5.74, 6) is -0.572. The summed E-state index contributed by atoms with van der Waals surface area (Å²) in [4.78, 5) is 26.0. The molecule has 4 rings (SSSR count). The maximum absolute atomic E-state index is 14.7. The molecule has 6 heteroatoms. The molecule has 0 spiro atoms. The molecule has 1 amide bonds. The van der Waals surface area contributed by atoms with Gasteiger partial charge < -0.3 is 14.7 Å². The number of methoxy groups -OCH3 is 1. The zero-order chi connectivity index (χ0) is 24.1. The van der Waals surface area contributed by atoms with E-state index in [0.717, 1.165) is 24.0 Å². The lowest BCUT2D eigenvalue weighted by Crippen LogP contribution is -2.36. The third-order valence-electron chi connectivity index (χ3n) is 6.32. The van der Waals surface area contributed by atoms with Crippen LogP contribution in [0.2, 0.25) is 0 Å². The van der Waals surface area contributed by atoms with Crippen molar-refractivity contribution < 1.29 is 23.8 Å². The van der Waals surface area contributed by atoms with Gasteiger partial charge in [-0.3, -0.25) is 9.59 Å². The number of fused-ring (bicyclic) bond motifs is 1. The van der Waals surface area contributed by atoms with Crippen molar-refractivity contribution in [1.82, 2.24) is 4.90 Å². The van der Waals surface area contributed by atoms with Gasteiger partial charge in [-0.25, -0.2) is 4.39 Å². The molecule has 5 nitrogen and oxygen atoms in total. The average molecular weight is 462 g/mol. The van der Waals surface area contributed by atoms with Crippen LogP contribution in [-0.2, 0) is 35.4 Å². The molecule has 0 saturated carbocycles. The monoisotopic (exact) mass is 461 g/mol. The number of carbonyl (C=O) groups excluding carboxylic acids is 1. The van der Waals surface area contributed by atoms with E-state index in [1.807, 2.05) is 18.2 Å². The Labute approximate surface area is 198 Å². The number of halogens is 1. The van der Waals surface area contributed by atoms with Crippen LogP contribution in [0, 0.1) is 5.82 Å². The molecule has 0 aliphatic carbocycles. The molecule has 0 bridgehead atoms. The number of carboxylic acid groups (broad SMARTS) is 1. The number of carboxylic acids is 1. The second-order valence-electron chi connectivity index (χ2n) is 8.56. The van der Waals surface area contributed by atoms with Crippen molar-refractivity contribution in [2.24, 2.45) is 0 Å². The number of aryl methyl sites for hydroxylation is 1. The van der Waals surface area contributed by atoms with Crippen LogP contribution in [0.1, 0.15) is 35.1 Å². The number of hydrogen-bond donors (Lipinski definition) is 1. The first-order valence-electron chi connectivity index (χ1n) is 11.5. The molecule has 34 heavy (non-hydrogen) atoms. The number of ether oxygens (including phenoxy) is 1. The number of benzene rings is 3. The van der Waals surface area contributed by atoms with Crippen LogP contribution < -0.4 is 4.74 Å². The summed E-state index contributed by atoms with van der Waals surface area (Å²) in [6.45, 7) is 0.798. The quantitative estimate of drug-likeness (QED) is 0.511. The minimum Gasteiger partial charge on any atom is -0.496 e. The zero-order valence-electron chi connectivity index (χ0n) is 19.2. The van der Waals surface area contributed by atoms with Crippen molar-refractivity contribution in [3.63, 3.8) is 0 Å². The van der Waals surface area contributed by atoms with E-state index < -0.39 is 5.97 Å². The van der Waals surface area contributed by atoms with Crippen LogP contribution in [0.15, 0.2) is 60.7 Å². The molecule has 0 atom stereocenters. The molecular weight excluding hydrogens is 433 g/mol. The molecule has 1 aliphatic rings. The summed E-state index contributed by atoms with van der Waals surface area (Å²) in [5.41, 5.74) is 4.67. The molecular formula is C28H28FNO4. The van der Waals surface area contributed by atoms with Gasteiger partial charge in [0.1, 0.15) is 11.6 Å². The predicted molar refractivity (Wildman–Crippen MR) is 128 cm³/mol. The van der Waals surface area contributed by atoms with Crippen molar-refractivity contribution in [3.8, 4) is 16.9 Å². The van der Waals surface area contributed by atoms with Gasteiger partial charge in [0.15, 0.2) is 0 Å². The van der Waals surface area contributed by atoms with E-state index in [1.165, 1.54) is 11.6 Å². The van der Waals surface area contributed by atoms with Gasteiger partial charge in [0.25, 0.3) is 0 Å². The van der Waals surface area contributed by atoms with Gasteiger partial charge in [-0.15, -0.1) is 0 Å². The molecule has 1 N–H and O–H groups in total.